The number of nitrogens with two attached hydrogens (primary N) is 1. The van der Waals surface area contributed by atoms with E-state index in [1.54, 1.807) is 20.3 Å². The van der Waals surface area contributed by atoms with Crippen LogP contribution in [0.4, 0.5) is 11.9 Å². The van der Waals surface area contributed by atoms with Gasteiger partial charge in [0.15, 0.2) is 0 Å². The molecule has 1 heterocycles. The second kappa shape index (κ2) is 6.25. The second-order valence-corrected chi connectivity index (χ2v) is 4.16. The van der Waals surface area contributed by atoms with Crippen LogP contribution in [0.1, 0.15) is 5.56 Å². The van der Waals surface area contributed by atoms with Crippen LogP contribution in [0.3, 0.4) is 0 Å². The molecule has 1 aromatic carbocycles. The van der Waals surface area contributed by atoms with Gasteiger partial charge >= 0.3 is 0 Å². The van der Waals surface area contributed by atoms with Crippen LogP contribution >= 0.6 is 11.6 Å². The predicted molar refractivity (Wildman–Crippen MR) is 76.1 cm³/mol. The van der Waals surface area contributed by atoms with E-state index in [0.29, 0.717) is 18.2 Å². The number of anilines is 2. The number of benzene rings is 1. The van der Waals surface area contributed by atoms with Crippen molar-refractivity contribution in [3.8, 4) is 11.5 Å². The number of nitrogens with zero attached hydrogens (tertiary/aromatic N) is 3. The minimum absolute atomic E-state index is 0.0432. The van der Waals surface area contributed by atoms with Crippen LogP contribution in [0, 0.1) is 0 Å². The molecule has 2 aromatic rings. The van der Waals surface area contributed by atoms with Crippen LogP contribution in [-0.4, -0.2) is 29.2 Å². The first kappa shape index (κ1) is 14.1. The maximum atomic E-state index is 5.71. The highest BCUT2D eigenvalue weighted by atomic mass is 35.5. The second-order valence-electron chi connectivity index (χ2n) is 3.82. The highest BCUT2D eigenvalue weighted by molar-refractivity contribution is 6.28. The third-order valence-electron chi connectivity index (χ3n) is 2.56. The van der Waals surface area contributed by atoms with Gasteiger partial charge in [0.05, 0.1) is 14.2 Å². The molecule has 0 saturated heterocycles. The van der Waals surface area contributed by atoms with Crippen LogP contribution in [0.25, 0.3) is 0 Å². The van der Waals surface area contributed by atoms with Crippen molar-refractivity contribution in [1.82, 2.24) is 15.0 Å². The largest absolute Gasteiger partial charge is 0.497 e. The van der Waals surface area contributed by atoms with Gasteiger partial charge < -0.3 is 20.5 Å². The van der Waals surface area contributed by atoms with E-state index in [0.717, 1.165) is 11.3 Å². The summed E-state index contributed by atoms with van der Waals surface area (Å²) in [7, 11) is 3.19. The molecular weight excluding hydrogens is 282 g/mol. The van der Waals surface area contributed by atoms with Gasteiger partial charge in [-0.05, 0) is 23.7 Å². The smallest absolute Gasteiger partial charge is 0.229 e. The molecule has 0 amide bonds. The maximum absolute atomic E-state index is 5.71. The lowest BCUT2D eigenvalue weighted by Gasteiger charge is -2.11. The number of ether oxygens (including phenoxy) is 2. The topological polar surface area (TPSA) is 95.2 Å². The lowest BCUT2D eigenvalue weighted by molar-refractivity contribution is 0.391. The van der Waals surface area contributed by atoms with Crippen molar-refractivity contribution in [2.75, 3.05) is 25.3 Å². The van der Waals surface area contributed by atoms with Crippen LogP contribution in [-0.2, 0) is 6.54 Å². The van der Waals surface area contributed by atoms with Crippen molar-refractivity contribution in [2.45, 2.75) is 6.54 Å². The summed E-state index contributed by atoms with van der Waals surface area (Å²) in [5.74, 6) is 1.79. The zero-order valence-electron chi connectivity index (χ0n) is 11.1. The quantitative estimate of drug-likeness (QED) is 0.867. The molecule has 0 saturated carbocycles. The first-order valence-corrected chi connectivity index (χ1v) is 6.12. The number of methoxy groups -OCH3 is 2. The number of rotatable bonds is 5. The Morgan fingerprint density at radius 3 is 2.65 bits per heavy atom. The van der Waals surface area contributed by atoms with Gasteiger partial charge in [0.25, 0.3) is 0 Å². The monoisotopic (exact) mass is 295 g/mol. The van der Waals surface area contributed by atoms with Crippen LogP contribution in [0.15, 0.2) is 18.2 Å². The molecule has 0 fully saturated rings. The Kier molecular flexibility index (Phi) is 4.41. The molecule has 0 radical (unpaired) electrons. The van der Waals surface area contributed by atoms with E-state index in [1.807, 2.05) is 12.1 Å². The lowest BCUT2D eigenvalue weighted by atomic mass is 10.2. The van der Waals surface area contributed by atoms with Gasteiger partial charge in [0, 0.05) is 18.2 Å². The Morgan fingerprint density at radius 2 is 2.00 bits per heavy atom. The normalized spacial score (nSPS) is 10.2. The van der Waals surface area contributed by atoms with Crippen molar-refractivity contribution >= 4 is 23.5 Å². The van der Waals surface area contributed by atoms with Gasteiger partial charge in [-0.1, -0.05) is 0 Å². The molecule has 0 unspecified atom stereocenters. The summed E-state index contributed by atoms with van der Waals surface area (Å²) in [6, 6.07) is 5.52. The Morgan fingerprint density at radius 1 is 1.20 bits per heavy atom. The molecule has 0 spiro atoms. The lowest BCUT2D eigenvalue weighted by Crippen LogP contribution is -2.08. The van der Waals surface area contributed by atoms with E-state index in [9.17, 15) is 0 Å². The summed E-state index contributed by atoms with van der Waals surface area (Å²) < 4.78 is 10.4. The molecule has 0 aliphatic heterocycles. The number of aromatic nitrogens is 3. The van der Waals surface area contributed by atoms with Gasteiger partial charge in [0.1, 0.15) is 11.5 Å². The minimum atomic E-state index is 0.0432. The van der Waals surface area contributed by atoms with Crippen LogP contribution in [0.5, 0.6) is 11.5 Å². The van der Waals surface area contributed by atoms with Crippen LogP contribution < -0.4 is 20.5 Å². The van der Waals surface area contributed by atoms with E-state index < -0.39 is 0 Å². The summed E-state index contributed by atoms with van der Waals surface area (Å²) in [6.07, 6.45) is 0. The van der Waals surface area contributed by atoms with Crippen molar-refractivity contribution in [2.24, 2.45) is 0 Å². The van der Waals surface area contributed by atoms with Crippen molar-refractivity contribution < 1.29 is 9.47 Å². The zero-order chi connectivity index (χ0) is 14.5. The Balaban J connectivity index is 2.14. The molecular formula is C12H14ClN5O2. The average Bonchev–Trinajstić information content (AvgIpc) is 2.44. The van der Waals surface area contributed by atoms with E-state index >= 15 is 0 Å². The molecule has 2 rings (SSSR count). The molecule has 8 heteroatoms. The van der Waals surface area contributed by atoms with Crippen molar-refractivity contribution in [3.63, 3.8) is 0 Å². The number of nitrogens with one attached hydrogen (secondary N) is 1. The fourth-order valence-corrected chi connectivity index (χ4v) is 1.78. The van der Waals surface area contributed by atoms with Gasteiger partial charge in [0.2, 0.25) is 17.2 Å². The van der Waals surface area contributed by atoms with Crippen LogP contribution in [0.2, 0.25) is 5.28 Å². The van der Waals surface area contributed by atoms with Gasteiger partial charge in [-0.25, -0.2) is 0 Å². The standard InChI is InChI=1S/C12H14ClN5O2/c1-19-8-4-3-7(9(5-8)20-2)6-15-12-17-10(13)16-11(14)18-12/h3-5H,6H2,1-2H3,(H3,14,15,16,17,18). The highest BCUT2D eigenvalue weighted by Gasteiger charge is 2.07. The molecule has 3 N–H and O–H groups in total. The first-order chi connectivity index (χ1) is 9.62. The fraction of sp³-hybridized carbons (Fsp3) is 0.250. The Bertz CT molecular complexity index is 588. The molecule has 1 aromatic heterocycles. The minimum Gasteiger partial charge on any atom is -0.497 e. The first-order valence-electron chi connectivity index (χ1n) is 5.74. The average molecular weight is 296 g/mol. The van der Waals surface area contributed by atoms with Crippen molar-refractivity contribution in [1.29, 1.82) is 0 Å². The van der Waals surface area contributed by atoms with E-state index in [1.165, 1.54) is 0 Å². The summed E-state index contributed by atoms with van der Waals surface area (Å²) in [6.45, 7) is 0.451. The zero-order valence-corrected chi connectivity index (χ0v) is 11.8. The highest BCUT2D eigenvalue weighted by Crippen LogP contribution is 2.25. The van der Waals surface area contributed by atoms with Gasteiger partial charge in [-0.2, -0.15) is 15.0 Å². The van der Waals surface area contributed by atoms with E-state index in [2.05, 4.69) is 20.3 Å². The molecule has 20 heavy (non-hydrogen) atoms. The molecule has 0 bridgehead atoms. The molecule has 7 nitrogen and oxygen atoms in total. The molecule has 0 atom stereocenters. The number of nitrogen functional groups attached to an aromatic ring is 1. The molecule has 106 valence electrons. The third-order valence-corrected chi connectivity index (χ3v) is 2.73. The number of halogens is 1. The summed E-state index contributed by atoms with van der Waals surface area (Å²) in [5, 5.41) is 3.05. The summed E-state index contributed by atoms with van der Waals surface area (Å²) in [5.41, 5.74) is 6.41. The van der Waals surface area contributed by atoms with E-state index in [4.69, 9.17) is 26.8 Å². The molecule has 0 aliphatic rings. The predicted octanol–water partition coefficient (Wildman–Crippen LogP) is 1.74. The van der Waals surface area contributed by atoms with Gasteiger partial charge in [-0.15, -0.1) is 0 Å². The molecule has 0 aliphatic carbocycles. The third kappa shape index (κ3) is 3.39. The maximum Gasteiger partial charge on any atom is 0.229 e. The number of hydrogen-bond acceptors (Lipinski definition) is 7. The summed E-state index contributed by atoms with van der Waals surface area (Å²) in [4.78, 5) is 11.5. The number of hydrogen-bond donors (Lipinski definition) is 2. The van der Waals surface area contributed by atoms with Crippen molar-refractivity contribution in [3.05, 3.63) is 29.0 Å². The van der Waals surface area contributed by atoms with E-state index in [-0.39, 0.29) is 11.2 Å². The Hall–Kier alpha value is -2.28. The Labute approximate surface area is 121 Å². The summed E-state index contributed by atoms with van der Waals surface area (Å²) >= 11 is 5.71. The SMILES string of the molecule is COc1ccc(CNc2nc(N)nc(Cl)n2)c(OC)c1. The fourth-order valence-electron chi connectivity index (χ4n) is 1.62. The van der Waals surface area contributed by atoms with Gasteiger partial charge in [-0.3, -0.25) is 0 Å².